The lowest BCUT2D eigenvalue weighted by molar-refractivity contribution is -0.135. The molecule has 2 heterocycles. The van der Waals surface area contributed by atoms with Crippen molar-refractivity contribution in [3.8, 4) is 5.75 Å². The lowest BCUT2D eigenvalue weighted by Gasteiger charge is -2.39. The number of nitrogens with zero attached hydrogens (tertiary/aromatic N) is 4. The van der Waals surface area contributed by atoms with E-state index in [9.17, 15) is 4.79 Å². The fraction of sp³-hybridized carbons (Fsp3) is 0.400. The maximum absolute atomic E-state index is 13.1. The van der Waals surface area contributed by atoms with Crippen LogP contribution < -0.4 is 9.64 Å². The molecule has 166 valence electrons. The number of methoxy groups -OCH3 is 1. The summed E-state index contributed by atoms with van der Waals surface area (Å²) < 4.78 is 9.88. The van der Waals surface area contributed by atoms with Gasteiger partial charge < -0.3 is 14.5 Å². The molecule has 2 fully saturated rings. The number of hydrogen-bond acceptors (Lipinski definition) is 6. The van der Waals surface area contributed by atoms with Crippen molar-refractivity contribution in [1.29, 1.82) is 0 Å². The van der Waals surface area contributed by atoms with Gasteiger partial charge >= 0.3 is 0 Å². The Labute approximate surface area is 193 Å². The molecule has 0 bridgehead atoms. The zero-order valence-electron chi connectivity index (χ0n) is 18.5. The third-order valence-electron chi connectivity index (χ3n) is 6.47. The number of anilines is 1. The molecule has 1 saturated carbocycles. The molecule has 5 rings (SSSR count). The second-order valence-electron chi connectivity index (χ2n) is 8.71. The van der Waals surface area contributed by atoms with E-state index in [1.165, 1.54) is 17.1 Å². The Hall–Kier alpha value is -2.93. The van der Waals surface area contributed by atoms with Crippen LogP contribution in [0.15, 0.2) is 54.6 Å². The highest BCUT2D eigenvalue weighted by Crippen LogP contribution is 2.48. The summed E-state index contributed by atoms with van der Waals surface area (Å²) in [5, 5.41) is 0.940. The SMILES string of the molecule is COc1cccc(Cc2nsc(N3CCN(C(=O)C4CC4c4ccccc4)C(C)C3)n2)c1. The quantitative estimate of drug-likeness (QED) is 0.571. The lowest BCUT2D eigenvalue weighted by atomic mass is 10.1. The van der Waals surface area contributed by atoms with Gasteiger partial charge in [0.05, 0.1) is 7.11 Å². The molecule has 2 aliphatic rings. The molecule has 3 atom stereocenters. The van der Waals surface area contributed by atoms with Gasteiger partial charge in [-0.15, -0.1) is 0 Å². The normalized spacial score (nSPS) is 22.6. The summed E-state index contributed by atoms with van der Waals surface area (Å²) >= 11 is 1.44. The second kappa shape index (κ2) is 8.90. The van der Waals surface area contributed by atoms with Crippen LogP contribution in [0.1, 0.15) is 36.2 Å². The van der Waals surface area contributed by atoms with Crippen molar-refractivity contribution in [2.45, 2.75) is 31.7 Å². The highest BCUT2D eigenvalue weighted by Gasteiger charge is 2.47. The number of ether oxygens (including phenoxy) is 1. The minimum atomic E-state index is 0.141. The van der Waals surface area contributed by atoms with E-state index >= 15 is 0 Å². The Morgan fingerprint density at radius 2 is 2.00 bits per heavy atom. The largest absolute Gasteiger partial charge is 0.497 e. The zero-order valence-corrected chi connectivity index (χ0v) is 19.3. The van der Waals surface area contributed by atoms with Gasteiger partial charge in [-0.25, -0.2) is 4.98 Å². The monoisotopic (exact) mass is 448 g/mol. The third-order valence-corrected chi connectivity index (χ3v) is 7.29. The number of hydrogen-bond donors (Lipinski definition) is 0. The van der Waals surface area contributed by atoms with Gasteiger partial charge in [0.15, 0.2) is 0 Å². The summed E-state index contributed by atoms with van der Waals surface area (Å²) in [4.78, 5) is 22.2. The number of carbonyl (C=O) groups excluding carboxylic acids is 1. The van der Waals surface area contributed by atoms with Crippen LogP contribution in [0.2, 0.25) is 0 Å². The molecule has 2 aromatic carbocycles. The van der Waals surface area contributed by atoms with Crippen molar-refractivity contribution >= 4 is 22.6 Å². The van der Waals surface area contributed by atoms with Crippen LogP contribution in [-0.4, -0.2) is 53.0 Å². The van der Waals surface area contributed by atoms with Crippen LogP contribution in [0.3, 0.4) is 0 Å². The Morgan fingerprint density at radius 3 is 2.78 bits per heavy atom. The standard InChI is InChI=1S/C25H28N4O2S/c1-17-16-28(25-26-23(27-32-25)14-18-7-6-10-20(13-18)31-2)11-12-29(17)24(30)22-15-21(22)19-8-4-3-5-9-19/h3-10,13,17,21-22H,11-12,14-16H2,1-2H3. The van der Waals surface area contributed by atoms with Crippen molar-refractivity contribution in [2.24, 2.45) is 5.92 Å². The van der Waals surface area contributed by atoms with Gasteiger partial charge in [0.1, 0.15) is 11.6 Å². The molecule has 7 heteroatoms. The fourth-order valence-corrected chi connectivity index (χ4v) is 5.34. The Kier molecular flexibility index (Phi) is 5.83. The molecule has 0 spiro atoms. The molecule has 1 aliphatic carbocycles. The number of rotatable bonds is 6. The molecular weight excluding hydrogens is 420 g/mol. The smallest absolute Gasteiger partial charge is 0.226 e. The van der Waals surface area contributed by atoms with Gasteiger partial charge in [-0.05, 0) is 42.5 Å². The highest BCUT2D eigenvalue weighted by atomic mass is 32.1. The van der Waals surface area contributed by atoms with Crippen molar-refractivity contribution in [1.82, 2.24) is 14.3 Å². The van der Waals surface area contributed by atoms with E-state index in [2.05, 4.69) is 51.4 Å². The first-order chi connectivity index (χ1) is 15.6. The van der Waals surface area contributed by atoms with Crippen molar-refractivity contribution in [3.63, 3.8) is 0 Å². The van der Waals surface area contributed by atoms with Crippen LogP contribution in [0.5, 0.6) is 5.75 Å². The van der Waals surface area contributed by atoms with Crippen LogP contribution in [0.4, 0.5) is 5.13 Å². The first-order valence-electron chi connectivity index (χ1n) is 11.2. The van der Waals surface area contributed by atoms with Gasteiger partial charge in [-0.3, -0.25) is 4.79 Å². The number of piperazine rings is 1. The van der Waals surface area contributed by atoms with Gasteiger partial charge in [-0.2, -0.15) is 4.37 Å². The summed E-state index contributed by atoms with van der Waals surface area (Å²) in [5.74, 6) is 2.51. The number of amides is 1. The van der Waals surface area contributed by atoms with Crippen molar-refractivity contribution in [3.05, 3.63) is 71.5 Å². The van der Waals surface area contributed by atoms with E-state index in [0.29, 0.717) is 18.2 Å². The van der Waals surface area contributed by atoms with Gasteiger partial charge in [0, 0.05) is 49.5 Å². The molecule has 1 saturated heterocycles. The predicted octanol–water partition coefficient (Wildman–Crippen LogP) is 3.98. The van der Waals surface area contributed by atoms with Gasteiger partial charge in [-0.1, -0.05) is 42.5 Å². The maximum atomic E-state index is 13.1. The fourth-order valence-electron chi connectivity index (χ4n) is 4.62. The van der Waals surface area contributed by atoms with Gasteiger partial charge in [0.2, 0.25) is 11.0 Å². The third kappa shape index (κ3) is 4.35. The lowest BCUT2D eigenvalue weighted by Crippen LogP contribution is -2.54. The van der Waals surface area contributed by atoms with Crippen LogP contribution in [0, 0.1) is 5.92 Å². The summed E-state index contributed by atoms with van der Waals surface area (Å²) in [6, 6.07) is 18.6. The molecule has 32 heavy (non-hydrogen) atoms. The molecule has 1 aromatic heterocycles. The highest BCUT2D eigenvalue weighted by molar-refractivity contribution is 7.09. The van der Waals surface area contributed by atoms with E-state index in [0.717, 1.165) is 48.3 Å². The summed E-state index contributed by atoms with van der Waals surface area (Å²) in [6.07, 6.45) is 1.66. The number of benzene rings is 2. The first-order valence-corrected chi connectivity index (χ1v) is 12.0. The summed E-state index contributed by atoms with van der Waals surface area (Å²) in [5.41, 5.74) is 2.42. The van der Waals surface area contributed by atoms with E-state index < -0.39 is 0 Å². The number of aromatic nitrogens is 2. The minimum Gasteiger partial charge on any atom is -0.497 e. The molecule has 1 amide bonds. The van der Waals surface area contributed by atoms with Gasteiger partial charge in [0.25, 0.3) is 0 Å². The average Bonchev–Trinajstić information content (AvgIpc) is 3.50. The van der Waals surface area contributed by atoms with E-state index in [-0.39, 0.29) is 12.0 Å². The second-order valence-corrected chi connectivity index (χ2v) is 9.44. The van der Waals surface area contributed by atoms with Crippen LogP contribution in [0.25, 0.3) is 0 Å². The molecule has 6 nitrogen and oxygen atoms in total. The maximum Gasteiger partial charge on any atom is 0.226 e. The molecule has 3 unspecified atom stereocenters. The minimum absolute atomic E-state index is 0.141. The Bertz CT molecular complexity index is 1090. The number of carbonyl (C=O) groups is 1. The molecule has 1 aliphatic heterocycles. The zero-order chi connectivity index (χ0) is 22.1. The molecule has 0 N–H and O–H groups in total. The predicted molar refractivity (Wildman–Crippen MR) is 126 cm³/mol. The van der Waals surface area contributed by atoms with Crippen LogP contribution >= 0.6 is 11.5 Å². The Balaban J connectivity index is 1.18. The van der Waals surface area contributed by atoms with Crippen molar-refractivity contribution in [2.75, 3.05) is 31.6 Å². The van der Waals surface area contributed by atoms with Crippen molar-refractivity contribution < 1.29 is 9.53 Å². The van der Waals surface area contributed by atoms with E-state index in [4.69, 9.17) is 9.72 Å². The first kappa shape index (κ1) is 20.9. The van der Waals surface area contributed by atoms with Crippen LogP contribution in [-0.2, 0) is 11.2 Å². The molecule has 3 aromatic rings. The average molecular weight is 449 g/mol. The molecular formula is C25H28N4O2S. The molecule has 0 radical (unpaired) electrons. The summed E-state index contributed by atoms with van der Waals surface area (Å²) in [6.45, 7) is 4.47. The summed E-state index contributed by atoms with van der Waals surface area (Å²) in [7, 11) is 1.68. The Morgan fingerprint density at radius 1 is 1.16 bits per heavy atom. The topological polar surface area (TPSA) is 58.6 Å². The van der Waals surface area contributed by atoms with E-state index in [1.54, 1.807) is 7.11 Å². The van der Waals surface area contributed by atoms with E-state index in [1.807, 2.05) is 24.3 Å².